The van der Waals surface area contributed by atoms with Crippen molar-refractivity contribution < 1.29 is 61.4 Å². The number of unbranched alkanes of at least 4 members (excludes halogenated alkanes) is 4. The molecule has 3 fully saturated rings. The Labute approximate surface area is 416 Å². The zero-order chi connectivity index (χ0) is 51.5. The fourth-order valence-electron chi connectivity index (χ4n) is 9.88. The molecule has 72 heavy (non-hydrogen) atoms. The summed E-state index contributed by atoms with van der Waals surface area (Å²) in [5, 5.41) is 5.20. The van der Waals surface area contributed by atoms with Crippen LogP contribution in [0.3, 0.4) is 0 Å². The maximum absolute atomic E-state index is 14.8. The minimum atomic E-state index is -5.83. The third-order valence-corrected chi connectivity index (χ3v) is 14.9. The molecule has 1 aromatic heterocycles. The van der Waals surface area contributed by atoms with Crippen molar-refractivity contribution in [2.75, 3.05) is 32.8 Å². The number of carbonyl (C=O) groups is 6. The van der Waals surface area contributed by atoms with Gasteiger partial charge in [0.1, 0.15) is 24.2 Å². The van der Waals surface area contributed by atoms with Gasteiger partial charge in [-0.2, -0.15) is 8.78 Å². The van der Waals surface area contributed by atoms with E-state index in [1.807, 2.05) is 12.1 Å². The highest BCUT2D eigenvalue weighted by atomic mass is 31.2. The first-order valence-electron chi connectivity index (χ1n) is 24.3. The van der Waals surface area contributed by atoms with Gasteiger partial charge in [0.2, 0.25) is 29.5 Å². The molecule has 6 amide bonds. The van der Waals surface area contributed by atoms with Crippen LogP contribution in [-0.2, 0) is 56.6 Å². The second-order valence-corrected chi connectivity index (χ2v) is 21.6. The van der Waals surface area contributed by atoms with E-state index in [1.165, 1.54) is 21.9 Å². The molecule has 5 heterocycles. The number of rotatable bonds is 15. The lowest BCUT2D eigenvalue weighted by Crippen LogP contribution is -2.58. The summed E-state index contributed by atoms with van der Waals surface area (Å²) in [5.74, 6) is 3.99. The third kappa shape index (κ3) is 11.4. The number of halogens is 2. The molecule has 382 valence electrons. The number of alkyl halides is 2. The Morgan fingerprint density at radius 1 is 1.04 bits per heavy atom. The van der Waals surface area contributed by atoms with Gasteiger partial charge in [0.25, 0.3) is 5.91 Å². The maximum atomic E-state index is 14.8. The molecule has 2 unspecified atom stereocenters. The van der Waals surface area contributed by atoms with Gasteiger partial charge in [-0.05, 0) is 71.7 Å². The van der Waals surface area contributed by atoms with Crippen molar-refractivity contribution in [1.82, 2.24) is 30.3 Å². The number of ether oxygens (including phenoxy) is 2. The molecule has 0 spiro atoms. The van der Waals surface area contributed by atoms with Crippen LogP contribution >= 0.6 is 7.60 Å². The highest BCUT2D eigenvalue weighted by molar-refractivity contribution is 7.52. The number of imide groups is 1. The van der Waals surface area contributed by atoms with Crippen LogP contribution in [0.5, 0.6) is 0 Å². The number of piperidine rings is 1. The lowest BCUT2D eigenvalue weighted by Gasteiger charge is -2.38. The Balaban J connectivity index is 0.884. The van der Waals surface area contributed by atoms with E-state index in [4.69, 9.17) is 9.47 Å². The smallest absolute Gasteiger partial charge is 0.376 e. The van der Waals surface area contributed by atoms with Crippen LogP contribution in [0.4, 0.5) is 8.78 Å². The molecule has 0 bridgehead atoms. The number of hydrogen-bond donors (Lipinski definition) is 4. The number of pyridine rings is 1. The molecule has 4 aliphatic heterocycles. The third-order valence-electron chi connectivity index (χ3n) is 13.9. The number of benzene rings is 2. The molecule has 17 nitrogen and oxygen atoms in total. The van der Waals surface area contributed by atoms with E-state index in [-0.39, 0.29) is 80.8 Å². The highest BCUT2D eigenvalue weighted by Gasteiger charge is 2.51. The molecule has 1 aliphatic carbocycles. The number of fused-ring (bicyclic) bond motifs is 2. The van der Waals surface area contributed by atoms with Crippen molar-refractivity contribution in [2.24, 2.45) is 5.41 Å². The SMILES string of the molecule is CC(C)(C)[C@H](NC(=O)C1=Cc2cc(C(F)(F)P(=O)(O)O)ccc2C1)C(=O)N1C[C@@H](OCCCCCCC#Cc2cccc3c2CN(C2CCC(=O)NC2=O)C3=O)C[C@H]1C(=O)N1CCOC(c2cccnc2)C1. The topological polar surface area (TPSA) is 225 Å². The van der Waals surface area contributed by atoms with Gasteiger partial charge in [-0.1, -0.05) is 69.7 Å². The van der Waals surface area contributed by atoms with Crippen LogP contribution in [0, 0.1) is 17.3 Å². The number of aromatic nitrogens is 1. The van der Waals surface area contributed by atoms with Gasteiger partial charge < -0.3 is 39.3 Å². The highest BCUT2D eigenvalue weighted by Crippen LogP contribution is 2.59. The second-order valence-electron chi connectivity index (χ2n) is 20.0. The van der Waals surface area contributed by atoms with Crippen LogP contribution < -0.4 is 10.6 Å². The molecule has 2 aromatic carbocycles. The average Bonchev–Trinajstić information content (AvgIpc) is 4.07. The predicted molar refractivity (Wildman–Crippen MR) is 257 cm³/mol. The van der Waals surface area contributed by atoms with Crippen molar-refractivity contribution in [1.29, 1.82) is 0 Å². The molecular weight excluding hydrogens is 954 g/mol. The van der Waals surface area contributed by atoms with Gasteiger partial charge >= 0.3 is 13.3 Å². The quantitative estimate of drug-likeness (QED) is 0.0674. The summed E-state index contributed by atoms with van der Waals surface area (Å²) in [6, 6.07) is 9.46. The van der Waals surface area contributed by atoms with Crippen LogP contribution in [-0.4, -0.2) is 122 Å². The zero-order valence-electron chi connectivity index (χ0n) is 40.4. The molecule has 0 saturated carbocycles. The van der Waals surface area contributed by atoms with Gasteiger partial charge in [0.05, 0.1) is 19.3 Å². The second kappa shape index (κ2) is 21.5. The Hall–Kier alpha value is -6.16. The molecule has 8 rings (SSSR count). The fraction of sp³-hybridized carbons (Fsp3) is 0.481. The Morgan fingerprint density at radius 3 is 2.57 bits per heavy atom. The first-order valence-corrected chi connectivity index (χ1v) is 25.9. The molecule has 3 saturated heterocycles. The maximum Gasteiger partial charge on any atom is 0.399 e. The Morgan fingerprint density at radius 2 is 1.83 bits per heavy atom. The Bertz CT molecular complexity index is 2770. The van der Waals surface area contributed by atoms with E-state index < -0.39 is 72.3 Å². The Kier molecular flexibility index (Phi) is 15.6. The lowest BCUT2D eigenvalue weighted by atomic mass is 9.85. The molecule has 4 N–H and O–H groups in total. The number of morpholine rings is 1. The molecule has 5 atom stereocenters. The predicted octanol–water partition coefficient (Wildman–Crippen LogP) is 5.13. The van der Waals surface area contributed by atoms with E-state index in [1.54, 1.807) is 56.3 Å². The molecule has 3 aromatic rings. The monoisotopic (exact) mass is 1010 g/mol. The molecule has 20 heteroatoms. The van der Waals surface area contributed by atoms with Gasteiger partial charge in [-0.15, -0.1) is 0 Å². The summed E-state index contributed by atoms with van der Waals surface area (Å²) < 4.78 is 53.1. The summed E-state index contributed by atoms with van der Waals surface area (Å²) >= 11 is 0. The van der Waals surface area contributed by atoms with E-state index in [9.17, 15) is 51.9 Å². The number of nitrogens with zero attached hydrogens (tertiary/aromatic N) is 4. The van der Waals surface area contributed by atoms with Crippen molar-refractivity contribution in [3.63, 3.8) is 0 Å². The zero-order valence-corrected chi connectivity index (χ0v) is 41.3. The van der Waals surface area contributed by atoms with Gasteiger partial charge in [0, 0.05) is 92.1 Å². The van der Waals surface area contributed by atoms with Crippen LogP contribution in [0.25, 0.3) is 6.08 Å². The summed E-state index contributed by atoms with van der Waals surface area (Å²) in [6.07, 6.45) is 8.37. The van der Waals surface area contributed by atoms with Gasteiger partial charge in [0.15, 0.2) is 0 Å². The van der Waals surface area contributed by atoms with Crippen LogP contribution in [0.1, 0.15) is 122 Å². The number of nitrogens with one attached hydrogen (secondary N) is 2. The average molecular weight is 1010 g/mol. The lowest BCUT2D eigenvalue weighted by molar-refractivity contribution is -0.151. The van der Waals surface area contributed by atoms with E-state index in [0.29, 0.717) is 37.1 Å². The van der Waals surface area contributed by atoms with Crippen LogP contribution in [0.2, 0.25) is 0 Å². The molecule has 5 aliphatic rings. The summed E-state index contributed by atoms with van der Waals surface area (Å²) in [5.41, 5.74) is -2.50. The summed E-state index contributed by atoms with van der Waals surface area (Å²) in [4.78, 5) is 108. The molecular formula is C52H59F2N6O11P. The number of hydrogen-bond acceptors (Lipinski definition) is 10. The van der Waals surface area contributed by atoms with Gasteiger partial charge in [-0.3, -0.25) is 43.6 Å². The molecule has 0 radical (unpaired) electrons. The van der Waals surface area contributed by atoms with E-state index >= 15 is 0 Å². The fourth-order valence-corrected chi connectivity index (χ4v) is 10.4. The minimum absolute atomic E-state index is 0.0321. The number of amides is 6. The van der Waals surface area contributed by atoms with Crippen molar-refractivity contribution >= 4 is 49.1 Å². The standard InChI is InChI=1S/C52H59F2N6O11P/c1-51(2,3)45(57-46(62)36-24-33-16-17-37(26-35(33)25-36)52(53,54)72(67,68)69)50(66)59-29-38(27-42(59)49(65)58-21-23-71-43(31-58)34-14-11-20-55-28-34)70-22-9-7-5-4-6-8-12-32-13-10-15-39-40(32)30-60(48(39)64)41-18-19-44(61)56-47(41)63/h10-11,13-17,20,25-26,28,38,41-43,45H,4-7,9,18-19,21-24,27,29-31H2,1-3H3,(H,57,62)(H,56,61,63)(H2,67,68,69)/t38-,41?,42-,43?,45+/m0/s1. The number of likely N-dealkylation sites (tertiary alicyclic amines) is 1. The summed E-state index contributed by atoms with van der Waals surface area (Å²) in [6.45, 7) is 6.89. The largest absolute Gasteiger partial charge is 0.399 e. The normalized spacial score (nSPS) is 21.6. The van der Waals surface area contributed by atoms with E-state index in [0.717, 1.165) is 48.1 Å². The minimum Gasteiger partial charge on any atom is -0.376 e. The van der Waals surface area contributed by atoms with Gasteiger partial charge in [-0.25, -0.2) is 0 Å². The summed E-state index contributed by atoms with van der Waals surface area (Å²) in [7, 11) is -5.83. The van der Waals surface area contributed by atoms with Crippen molar-refractivity contribution in [3.8, 4) is 11.8 Å². The number of carbonyl (C=O) groups excluding carboxylic acids is 6. The van der Waals surface area contributed by atoms with E-state index in [2.05, 4.69) is 27.5 Å². The first kappa shape index (κ1) is 52.2. The first-order chi connectivity index (χ1) is 34.2. The van der Waals surface area contributed by atoms with Crippen molar-refractivity contribution in [3.05, 3.63) is 105 Å². The van der Waals surface area contributed by atoms with Crippen molar-refractivity contribution in [2.45, 2.75) is 121 Å². The van der Waals surface area contributed by atoms with Crippen LogP contribution in [0.15, 0.2) is 66.5 Å².